The number of carboxylic acid groups (broad SMARTS) is 1. The predicted octanol–water partition coefficient (Wildman–Crippen LogP) is 2.90. The summed E-state index contributed by atoms with van der Waals surface area (Å²) in [4.78, 5) is 13.3. The molecule has 1 atom stereocenters. The summed E-state index contributed by atoms with van der Waals surface area (Å²) in [5.74, 6) is 0.0944. The second-order valence-corrected chi connectivity index (χ2v) is 5.48. The molecule has 1 heterocycles. The Morgan fingerprint density at radius 2 is 2.05 bits per heavy atom. The third kappa shape index (κ3) is 2.72. The zero-order valence-electron chi connectivity index (χ0n) is 12.1. The van der Waals surface area contributed by atoms with Gasteiger partial charge in [0.1, 0.15) is 11.8 Å². The summed E-state index contributed by atoms with van der Waals surface area (Å²) in [6, 6.07) is 11.9. The second-order valence-electron chi connectivity index (χ2n) is 5.48. The van der Waals surface area contributed by atoms with Gasteiger partial charge in [0.2, 0.25) is 0 Å². The number of fused-ring (bicyclic) bond motifs is 1. The second kappa shape index (κ2) is 5.74. The molecule has 0 spiro atoms. The number of hydrogen-bond acceptors (Lipinski definition) is 3. The molecule has 110 valence electrons. The van der Waals surface area contributed by atoms with Crippen molar-refractivity contribution >= 4 is 16.7 Å². The number of nitrogens with zero attached hydrogens (tertiary/aromatic N) is 1. The van der Waals surface area contributed by atoms with Gasteiger partial charge in [0.15, 0.2) is 0 Å². The van der Waals surface area contributed by atoms with Gasteiger partial charge in [-0.25, -0.2) is 0 Å². The van der Waals surface area contributed by atoms with Gasteiger partial charge in [-0.15, -0.1) is 0 Å². The van der Waals surface area contributed by atoms with Crippen molar-refractivity contribution in [1.29, 1.82) is 0 Å². The molecule has 1 aliphatic heterocycles. The van der Waals surface area contributed by atoms with E-state index in [1.54, 1.807) is 7.11 Å². The van der Waals surface area contributed by atoms with Crippen LogP contribution in [-0.2, 0) is 11.3 Å². The number of aliphatic carboxylic acids is 1. The van der Waals surface area contributed by atoms with Crippen molar-refractivity contribution in [1.82, 2.24) is 4.90 Å². The summed E-state index contributed by atoms with van der Waals surface area (Å²) in [5, 5.41) is 11.6. The fraction of sp³-hybridized carbons (Fsp3) is 0.353. The molecule has 0 amide bonds. The van der Waals surface area contributed by atoms with E-state index in [4.69, 9.17) is 4.74 Å². The minimum atomic E-state index is -0.729. The highest BCUT2D eigenvalue weighted by molar-refractivity contribution is 5.85. The Labute approximate surface area is 123 Å². The fourth-order valence-corrected chi connectivity index (χ4v) is 3.09. The SMILES string of the molecule is COc1cc2ccccc2cc1CN1CCC[C@H]1C(=O)O. The maximum Gasteiger partial charge on any atom is 0.320 e. The number of carbonyl (C=O) groups is 1. The molecule has 2 aromatic rings. The number of rotatable bonds is 4. The Bertz CT molecular complexity index is 668. The van der Waals surface area contributed by atoms with Crippen molar-refractivity contribution in [2.24, 2.45) is 0 Å². The van der Waals surface area contributed by atoms with Crippen molar-refractivity contribution in [3.63, 3.8) is 0 Å². The van der Waals surface area contributed by atoms with Crippen molar-refractivity contribution in [3.05, 3.63) is 42.0 Å². The first kappa shape index (κ1) is 13.9. The van der Waals surface area contributed by atoms with Crippen molar-refractivity contribution < 1.29 is 14.6 Å². The molecule has 0 radical (unpaired) electrons. The van der Waals surface area contributed by atoms with Gasteiger partial charge < -0.3 is 9.84 Å². The smallest absolute Gasteiger partial charge is 0.320 e. The molecule has 1 saturated heterocycles. The van der Waals surface area contributed by atoms with Gasteiger partial charge in [-0.1, -0.05) is 24.3 Å². The lowest BCUT2D eigenvalue weighted by Gasteiger charge is -2.22. The van der Waals surface area contributed by atoms with E-state index in [0.29, 0.717) is 6.54 Å². The van der Waals surface area contributed by atoms with E-state index in [9.17, 15) is 9.90 Å². The lowest BCUT2D eigenvalue weighted by atomic mass is 10.1. The van der Waals surface area contributed by atoms with E-state index >= 15 is 0 Å². The summed E-state index contributed by atoms with van der Waals surface area (Å²) < 4.78 is 5.49. The molecule has 4 heteroatoms. The minimum Gasteiger partial charge on any atom is -0.496 e. The number of carboxylic acids is 1. The van der Waals surface area contributed by atoms with E-state index in [2.05, 4.69) is 18.2 Å². The first-order valence-electron chi connectivity index (χ1n) is 7.21. The number of likely N-dealkylation sites (tertiary alicyclic amines) is 1. The quantitative estimate of drug-likeness (QED) is 0.938. The third-order valence-electron chi connectivity index (χ3n) is 4.17. The van der Waals surface area contributed by atoms with E-state index in [1.165, 1.54) is 0 Å². The van der Waals surface area contributed by atoms with Crippen LogP contribution in [0.4, 0.5) is 0 Å². The highest BCUT2D eigenvalue weighted by atomic mass is 16.5. The van der Waals surface area contributed by atoms with Gasteiger partial charge in [0, 0.05) is 12.1 Å². The minimum absolute atomic E-state index is 0.374. The van der Waals surface area contributed by atoms with Crippen molar-refractivity contribution in [2.75, 3.05) is 13.7 Å². The van der Waals surface area contributed by atoms with Crippen LogP contribution < -0.4 is 4.74 Å². The van der Waals surface area contributed by atoms with Crippen molar-refractivity contribution in [2.45, 2.75) is 25.4 Å². The number of hydrogen-bond donors (Lipinski definition) is 1. The van der Waals surface area contributed by atoms with Gasteiger partial charge in [0.05, 0.1) is 7.11 Å². The summed E-state index contributed by atoms with van der Waals surface area (Å²) >= 11 is 0. The van der Waals surface area contributed by atoms with Crippen LogP contribution in [0, 0.1) is 0 Å². The molecule has 1 fully saturated rings. The number of ether oxygens (including phenoxy) is 1. The maximum absolute atomic E-state index is 11.3. The number of methoxy groups -OCH3 is 1. The highest BCUT2D eigenvalue weighted by Crippen LogP contribution is 2.29. The molecule has 21 heavy (non-hydrogen) atoms. The van der Waals surface area contributed by atoms with Crippen LogP contribution >= 0.6 is 0 Å². The Kier molecular flexibility index (Phi) is 3.80. The summed E-state index contributed by atoms with van der Waals surface area (Å²) in [6.45, 7) is 1.44. The summed E-state index contributed by atoms with van der Waals surface area (Å²) in [6.07, 6.45) is 1.66. The van der Waals surface area contributed by atoms with Crippen LogP contribution in [0.2, 0.25) is 0 Å². The van der Waals surface area contributed by atoms with Gasteiger partial charge >= 0.3 is 5.97 Å². The predicted molar refractivity (Wildman–Crippen MR) is 81.6 cm³/mol. The number of benzene rings is 2. The Hall–Kier alpha value is -2.07. The lowest BCUT2D eigenvalue weighted by molar-refractivity contribution is -0.142. The van der Waals surface area contributed by atoms with Gasteiger partial charge in [-0.2, -0.15) is 0 Å². The zero-order valence-corrected chi connectivity index (χ0v) is 12.1. The van der Waals surface area contributed by atoms with E-state index < -0.39 is 5.97 Å². The average Bonchev–Trinajstić information content (AvgIpc) is 2.95. The van der Waals surface area contributed by atoms with E-state index in [-0.39, 0.29) is 6.04 Å². The zero-order chi connectivity index (χ0) is 14.8. The van der Waals surface area contributed by atoms with Crippen LogP contribution in [0.15, 0.2) is 36.4 Å². The molecule has 0 bridgehead atoms. The molecule has 2 aromatic carbocycles. The molecule has 0 saturated carbocycles. The van der Waals surface area contributed by atoms with Gasteiger partial charge in [0.25, 0.3) is 0 Å². The van der Waals surface area contributed by atoms with Crippen molar-refractivity contribution in [3.8, 4) is 5.75 Å². The van der Waals surface area contributed by atoms with Crippen LogP contribution in [-0.4, -0.2) is 35.7 Å². The molecule has 4 nitrogen and oxygen atoms in total. The molecule has 0 unspecified atom stereocenters. The summed E-state index contributed by atoms with van der Waals surface area (Å²) in [5.41, 5.74) is 1.05. The standard InChI is InChI=1S/C17H19NO3/c1-21-16-10-13-6-3-2-5-12(13)9-14(16)11-18-8-4-7-15(18)17(19)20/h2-3,5-6,9-10,15H,4,7-8,11H2,1H3,(H,19,20)/t15-/m0/s1. The first-order chi connectivity index (χ1) is 10.2. The highest BCUT2D eigenvalue weighted by Gasteiger charge is 2.30. The maximum atomic E-state index is 11.3. The molecule has 0 aliphatic carbocycles. The normalized spacial score (nSPS) is 19.0. The monoisotopic (exact) mass is 285 g/mol. The molecule has 0 aromatic heterocycles. The molecular weight excluding hydrogens is 266 g/mol. The molecule has 1 N–H and O–H groups in total. The Balaban J connectivity index is 1.94. The fourth-order valence-electron chi connectivity index (χ4n) is 3.09. The molecule has 3 rings (SSSR count). The van der Waals surface area contributed by atoms with Gasteiger partial charge in [-0.3, -0.25) is 9.69 Å². The molecule has 1 aliphatic rings. The van der Waals surface area contributed by atoms with Crippen LogP contribution in [0.3, 0.4) is 0 Å². The summed E-state index contributed by atoms with van der Waals surface area (Å²) in [7, 11) is 1.66. The average molecular weight is 285 g/mol. The first-order valence-corrected chi connectivity index (χ1v) is 7.21. The van der Waals surface area contributed by atoms with E-state index in [1.807, 2.05) is 23.1 Å². The third-order valence-corrected chi connectivity index (χ3v) is 4.17. The van der Waals surface area contributed by atoms with Crippen LogP contribution in [0.25, 0.3) is 10.8 Å². The van der Waals surface area contributed by atoms with Gasteiger partial charge in [-0.05, 0) is 42.3 Å². The molecular formula is C17H19NO3. The lowest BCUT2D eigenvalue weighted by Crippen LogP contribution is -2.35. The van der Waals surface area contributed by atoms with Crippen LogP contribution in [0.1, 0.15) is 18.4 Å². The largest absolute Gasteiger partial charge is 0.496 e. The van der Waals surface area contributed by atoms with E-state index in [0.717, 1.165) is 41.5 Å². The Morgan fingerprint density at radius 3 is 2.71 bits per heavy atom. The topological polar surface area (TPSA) is 49.8 Å². The van der Waals surface area contributed by atoms with Crippen LogP contribution in [0.5, 0.6) is 5.75 Å². The Morgan fingerprint density at radius 1 is 1.33 bits per heavy atom.